The third-order valence-electron chi connectivity index (χ3n) is 1.81. The minimum atomic E-state index is -0.304. The van der Waals surface area contributed by atoms with E-state index in [9.17, 15) is 4.39 Å². The summed E-state index contributed by atoms with van der Waals surface area (Å²) in [5.74, 6) is -0.304. The van der Waals surface area contributed by atoms with Crippen molar-refractivity contribution in [1.82, 2.24) is 5.32 Å². The van der Waals surface area contributed by atoms with Crippen molar-refractivity contribution >= 4 is 15.9 Å². The van der Waals surface area contributed by atoms with Crippen LogP contribution in [0.25, 0.3) is 0 Å². The maximum Gasteiger partial charge on any atom is 0.127 e. The molecule has 0 aliphatic carbocycles. The van der Waals surface area contributed by atoms with Crippen LogP contribution in [0.1, 0.15) is 11.1 Å². The molecule has 0 aliphatic heterocycles. The van der Waals surface area contributed by atoms with Crippen LogP contribution < -0.4 is 5.32 Å². The molecule has 78 valence electrons. The lowest BCUT2D eigenvalue weighted by molar-refractivity contribution is 0.596. The number of nitriles is 1. The van der Waals surface area contributed by atoms with Crippen LogP contribution in [0, 0.1) is 17.1 Å². The van der Waals surface area contributed by atoms with E-state index >= 15 is 0 Å². The number of nitrogens with zero attached hydrogens (tertiary/aromatic N) is 1. The zero-order valence-corrected chi connectivity index (χ0v) is 9.64. The summed E-state index contributed by atoms with van der Waals surface area (Å²) in [7, 11) is 0. The van der Waals surface area contributed by atoms with Gasteiger partial charge in [0.05, 0.1) is 11.6 Å². The quantitative estimate of drug-likeness (QED) is 0.912. The SMILES string of the molecule is C=C(Br)CNCc1cc(C#N)ccc1F. The van der Waals surface area contributed by atoms with Crippen LogP contribution in [0.5, 0.6) is 0 Å². The minimum absolute atomic E-state index is 0.304. The first-order chi connectivity index (χ1) is 7.13. The second-order valence-electron chi connectivity index (χ2n) is 3.04. The normalized spacial score (nSPS) is 9.67. The number of halogens is 2. The molecule has 0 aromatic heterocycles. The average Bonchev–Trinajstić information content (AvgIpc) is 2.20. The van der Waals surface area contributed by atoms with Gasteiger partial charge in [0, 0.05) is 23.1 Å². The summed E-state index contributed by atoms with van der Waals surface area (Å²) < 4.78 is 14.1. The van der Waals surface area contributed by atoms with Gasteiger partial charge in [-0.1, -0.05) is 22.5 Å². The van der Waals surface area contributed by atoms with Gasteiger partial charge in [0.25, 0.3) is 0 Å². The van der Waals surface area contributed by atoms with Crippen LogP contribution >= 0.6 is 15.9 Å². The Morgan fingerprint density at radius 1 is 1.60 bits per heavy atom. The maximum absolute atomic E-state index is 13.2. The Morgan fingerprint density at radius 2 is 2.33 bits per heavy atom. The lowest BCUT2D eigenvalue weighted by Crippen LogP contribution is -2.15. The fourth-order valence-corrected chi connectivity index (χ4v) is 1.31. The topological polar surface area (TPSA) is 35.8 Å². The highest BCUT2D eigenvalue weighted by Gasteiger charge is 2.02. The molecule has 0 spiro atoms. The van der Waals surface area contributed by atoms with Crippen molar-refractivity contribution in [2.75, 3.05) is 6.54 Å². The number of hydrogen-bond acceptors (Lipinski definition) is 2. The molecular weight excluding hydrogens is 259 g/mol. The number of rotatable bonds is 4. The van der Waals surface area contributed by atoms with Gasteiger partial charge >= 0.3 is 0 Å². The van der Waals surface area contributed by atoms with Gasteiger partial charge in [0.1, 0.15) is 5.82 Å². The molecule has 0 fully saturated rings. The molecule has 0 bridgehead atoms. The molecule has 0 saturated carbocycles. The Kier molecular flexibility index (Phi) is 4.47. The van der Waals surface area contributed by atoms with E-state index in [-0.39, 0.29) is 5.82 Å². The van der Waals surface area contributed by atoms with Crippen molar-refractivity contribution in [2.24, 2.45) is 0 Å². The molecule has 0 aliphatic rings. The van der Waals surface area contributed by atoms with Crippen molar-refractivity contribution in [2.45, 2.75) is 6.54 Å². The highest BCUT2D eigenvalue weighted by molar-refractivity contribution is 9.11. The number of hydrogen-bond donors (Lipinski definition) is 1. The molecular formula is C11H10BrFN2. The van der Waals surface area contributed by atoms with E-state index in [1.165, 1.54) is 12.1 Å². The van der Waals surface area contributed by atoms with Crippen molar-refractivity contribution in [1.29, 1.82) is 5.26 Å². The Morgan fingerprint density at radius 3 is 2.93 bits per heavy atom. The summed E-state index contributed by atoms with van der Waals surface area (Å²) in [5.41, 5.74) is 0.952. The molecule has 0 saturated heterocycles. The van der Waals surface area contributed by atoms with Crippen molar-refractivity contribution in [3.05, 3.63) is 46.2 Å². The van der Waals surface area contributed by atoms with Gasteiger partial charge < -0.3 is 5.32 Å². The summed E-state index contributed by atoms with van der Waals surface area (Å²) in [6.45, 7) is 4.60. The monoisotopic (exact) mass is 268 g/mol. The molecule has 1 aromatic carbocycles. The van der Waals surface area contributed by atoms with Crippen LogP contribution in [0.2, 0.25) is 0 Å². The maximum atomic E-state index is 13.2. The van der Waals surface area contributed by atoms with E-state index in [1.807, 2.05) is 6.07 Å². The molecule has 1 rings (SSSR count). The molecule has 0 amide bonds. The molecule has 15 heavy (non-hydrogen) atoms. The number of nitrogens with one attached hydrogen (secondary N) is 1. The van der Waals surface area contributed by atoms with Crippen molar-refractivity contribution < 1.29 is 4.39 Å². The first kappa shape index (κ1) is 11.9. The molecule has 0 heterocycles. The Balaban J connectivity index is 2.68. The fourth-order valence-electron chi connectivity index (χ4n) is 1.11. The summed E-state index contributed by atoms with van der Waals surface area (Å²) in [6.07, 6.45) is 0. The van der Waals surface area contributed by atoms with Crippen LogP contribution in [0.15, 0.2) is 29.3 Å². The molecule has 0 unspecified atom stereocenters. The van der Waals surface area contributed by atoms with Gasteiger partial charge in [-0.05, 0) is 18.2 Å². The highest BCUT2D eigenvalue weighted by Crippen LogP contribution is 2.10. The van der Waals surface area contributed by atoms with E-state index < -0.39 is 0 Å². The minimum Gasteiger partial charge on any atom is -0.308 e. The van der Waals surface area contributed by atoms with E-state index in [2.05, 4.69) is 27.8 Å². The molecule has 0 radical (unpaired) electrons. The third-order valence-corrected chi connectivity index (χ3v) is 2.09. The second-order valence-corrected chi connectivity index (χ2v) is 4.16. The van der Waals surface area contributed by atoms with E-state index in [4.69, 9.17) is 5.26 Å². The van der Waals surface area contributed by atoms with Crippen LogP contribution in [0.4, 0.5) is 4.39 Å². The van der Waals surface area contributed by atoms with Crippen molar-refractivity contribution in [3.8, 4) is 6.07 Å². The van der Waals surface area contributed by atoms with Crippen LogP contribution in [-0.2, 0) is 6.54 Å². The number of benzene rings is 1. The fraction of sp³-hybridized carbons (Fsp3) is 0.182. The largest absolute Gasteiger partial charge is 0.308 e. The lowest BCUT2D eigenvalue weighted by Gasteiger charge is -2.05. The predicted octanol–water partition coefficient (Wildman–Crippen LogP) is 2.70. The zero-order chi connectivity index (χ0) is 11.3. The second kappa shape index (κ2) is 5.64. The van der Waals surface area contributed by atoms with E-state index in [1.54, 1.807) is 6.07 Å². The van der Waals surface area contributed by atoms with E-state index in [0.29, 0.717) is 24.2 Å². The smallest absolute Gasteiger partial charge is 0.127 e. The first-order valence-corrected chi connectivity index (χ1v) is 5.15. The Labute approximate surface area is 96.5 Å². The molecule has 4 heteroatoms. The van der Waals surface area contributed by atoms with Gasteiger partial charge in [-0.15, -0.1) is 0 Å². The van der Waals surface area contributed by atoms with Gasteiger partial charge in [0.15, 0.2) is 0 Å². The Bertz CT molecular complexity index is 410. The highest BCUT2D eigenvalue weighted by atomic mass is 79.9. The van der Waals surface area contributed by atoms with Gasteiger partial charge in [-0.2, -0.15) is 5.26 Å². The Hall–Kier alpha value is -1.18. The molecule has 1 N–H and O–H groups in total. The summed E-state index contributed by atoms with van der Waals surface area (Å²) in [6, 6.07) is 6.28. The first-order valence-electron chi connectivity index (χ1n) is 4.36. The molecule has 2 nitrogen and oxygen atoms in total. The van der Waals surface area contributed by atoms with Gasteiger partial charge in [-0.3, -0.25) is 0 Å². The average molecular weight is 269 g/mol. The third kappa shape index (κ3) is 3.82. The molecule has 0 atom stereocenters. The standard InChI is InChI=1S/C11H10BrFN2/c1-8(12)6-15-7-10-4-9(5-14)2-3-11(10)13/h2-4,15H,1,6-7H2. The predicted molar refractivity (Wildman–Crippen MR) is 60.9 cm³/mol. The summed E-state index contributed by atoms with van der Waals surface area (Å²) in [4.78, 5) is 0. The summed E-state index contributed by atoms with van der Waals surface area (Å²) >= 11 is 3.19. The van der Waals surface area contributed by atoms with Gasteiger partial charge in [0.2, 0.25) is 0 Å². The van der Waals surface area contributed by atoms with Crippen LogP contribution in [0.3, 0.4) is 0 Å². The summed E-state index contributed by atoms with van der Waals surface area (Å²) in [5, 5.41) is 11.6. The zero-order valence-electron chi connectivity index (χ0n) is 8.06. The van der Waals surface area contributed by atoms with Gasteiger partial charge in [-0.25, -0.2) is 4.39 Å². The van der Waals surface area contributed by atoms with E-state index in [0.717, 1.165) is 4.48 Å². The lowest BCUT2D eigenvalue weighted by atomic mass is 10.1. The van der Waals surface area contributed by atoms with Crippen molar-refractivity contribution in [3.63, 3.8) is 0 Å². The molecule has 1 aromatic rings. The van der Waals surface area contributed by atoms with Crippen LogP contribution in [-0.4, -0.2) is 6.54 Å².